The number of piperazine rings is 1. The van der Waals surface area contributed by atoms with Crippen LogP contribution in [0.15, 0.2) is 66.7 Å². The van der Waals surface area contributed by atoms with Crippen LogP contribution in [-0.4, -0.2) is 44.3 Å². The van der Waals surface area contributed by atoms with Crippen molar-refractivity contribution in [1.29, 1.82) is 0 Å². The zero-order chi connectivity index (χ0) is 21.4. The van der Waals surface area contributed by atoms with E-state index in [0.29, 0.717) is 18.0 Å². The van der Waals surface area contributed by atoms with Gasteiger partial charge in [0.15, 0.2) is 0 Å². The highest BCUT2D eigenvalue weighted by Crippen LogP contribution is 2.44. The first kappa shape index (κ1) is 20.1. The smallest absolute Gasteiger partial charge is 0.122 e. The Bertz CT molecular complexity index is 1010. The van der Waals surface area contributed by atoms with Gasteiger partial charge in [0.1, 0.15) is 11.5 Å². The molecule has 1 N–H and O–H groups in total. The minimum absolute atomic E-state index is 0.515. The summed E-state index contributed by atoms with van der Waals surface area (Å²) in [6.45, 7) is 5.11. The van der Waals surface area contributed by atoms with Gasteiger partial charge in [0.25, 0.3) is 0 Å². The number of benzene rings is 3. The highest BCUT2D eigenvalue weighted by molar-refractivity contribution is 5.64. The number of aryl methyl sites for hydroxylation is 1. The third-order valence-corrected chi connectivity index (χ3v) is 6.84. The van der Waals surface area contributed by atoms with Gasteiger partial charge in [0.05, 0.1) is 14.2 Å². The molecule has 2 aliphatic rings. The first-order chi connectivity index (χ1) is 15.2. The van der Waals surface area contributed by atoms with Crippen molar-refractivity contribution in [3.8, 4) is 22.6 Å². The lowest BCUT2D eigenvalue weighted by atomic mass is 9.72. The molecule has 0 spiro atoms. The maximum atomic E-state index is 5.46. The number of nitrogens with zero attached hydrogens (tertiary/aromatic N) is 1. The summed E-state index contributed by atoms with van der Waals surface area (Å²) in [5.41, 5.74) is 6.55. The van der Waals surface area contributed by atoms with Crippen LogP contribution in [0.25, 0.3) is 11.1 Å². The van der Waals surface area contributed by atoms with E-state index >= 15 is 0 Å². The Hall–Kier alpha value is -2.82. The van der Waals surface area contributed by atoms with E-state index in [1.165, 1.54) is 27.8 Å². The molecule has 5 rings (SSSR count). The molecular formula is C27H30N2O2. The molecule has 4 nitrogen and oxygen atoms in total. The molecule has 0 aliphatic carbocycles. The monoisotopic (exact) mass is 414 g/mol. The zero-order valence-electron chi connectivity index (χ0n) is 18.5. The molecule has 0 amide bonds. The van der Waals surface area contributed by atoms with Crippen molar-refractivity contribution in [2.75, 3.05) is 27.3 Å². The van der Waals surface area contributed by atoms with Crippen molar-refractivity contribution >= 4 is 0 Å². The number of nitrogens with one attached hydrogen (secondary N) is 1. The van der Waals surface area contributed by atoms with E-state index in [9.17, 15) is 0 Å². The van der Waals surface area contributed by atoms with Gasteiger partial charge in [-0.2, -0.15) is 0 Å². The van der Waals surface area contributed by atoms with Crippen LogP contribution in [0, 0.1) is 6.92 Å². The van der Waals surface area contributed by atoms with Crippen LogP contribution in [0.2, 0.25) is 0 Å². The van der Waals surface area contributed by atoms with Crippen molar-refractivity contribution < 1.29 is 9.47 Å². The summed E-state index contributed by atoms with van der Waals surface area (Å²) in [7, 11) is 3.41. The maximum absolute atomic E-state index is 5.46. The van der Waals surface area contributed by atoms with Crippen LogP contribution < -0.4 is 14.8 Å². The zero-order valence-corrected chi connectivity index (χ0v) is 18.5. The number of hydrogen-bond acceptors (Lipinski definition) is 4. The fourth-order valence-corrected chi connectivity index (χ4v) is 5.17. The molecule has 0 aromatic heterocycles. The molecule has 2 saturated heterocycles. The van der Waals surface area contributed by atoms with Gasteiger partial charge in [-0.1, -0.05) is 54.1 Å². The largest absolute Gasteiger partial charge is 0.497 e. The first-order valence-electron chi connectivity index (χ1n) is 11.0. The summed E-state index contributed by atoms with van der Waals surface area (Å²) in [6, 6.07) is 25.2. The number of ether oxygens (including phenoxy) is 2. The number of methoxy groups -OCH3 is 2. The van der Waals surface area contributed by atoms with Gasteiger partial charge < -0.3 is 14.8 Å². The second-order valence-electron chi connectivity index (χ2n) is 8.70. The van der Waals surface area contributed by atoms with Crippen molar-refractivity contribution in [3.05, 3.63) is 83.4 Å². The molecule has 2 fully saturated rings. The molecule has 0 saturated carbocycles. The summed E-state index contributed by atoms with van der Waals surface area (Å²) >= 11 is 0. The predicted molar refractivity (Wildman–Crippen MR) is 125 cm³/mol. The lowest BCUT2D eigenvalue weighted by Crippen LogP contribution is -2.72. The minimum Gasteiger partial charge on any atom is -0.497 e. The van der Waals surface area contributed by atoms with Crippen molar-refractivity contribution in [1.82, 2.24) is 10.2 Å². The van der Waals surface area contributed by atoms with Crippen LogP contribution in [0.3, 0.4) is 0 Å². The third kappa shape index (κ3) is 3.82. The van der Waals surface area contributed by atoms with E-state index in [1.54, 1.807) is 14.2 Å². The number of rotatable bonds is 6. The second-order valence-corrected chi connectivity index (χ2v) is 8.70. The minimum atomic E-state index is 0.515. The fraction of sp³-hybridized carbons (Fsp3) is 0.333. The average molecular weight is 415 g/mol. The molecule has 0 radical (unpaired) electrons. The van der Waals surface area contributed by atoms with Crippen molar-refractivity contribution in [2.24, 2.45) is 0 Å². The van der Waals surface area contributed by atoms with Crippen LogP contribution in [0.5, 0.6) is 11.5 Å². The van der Waals surface area contributed by atoms with Gasteiger partial charge in [0, 0.05) is 43.7 Å². The normalized spacial score (nSPS) is 22.6. The molecule has 3 aromatic carbocycles. The third-order valence-electron chi connectivity index (χ3n) is 6.84. The highest BCUT2D eigenvalue weighted by atomic mass is 16.5. The van der Waals surface area contributed by atoms with E-state index in [1.807, 2.05) is 6.07 Å². The lowest BCUT2D eigenvalue weighted by Gasteiger charge is -2.59. The molecule has 3 atom stereocenters. The van der Waals surface area contributed by atoms with E-state index in [4.69, 9.17) is 9.47 Å². The number of piperidine rings is 1. The van der Waals surface area contributed by atoms with E-state index in [2.05, 4.69) is 77.8 Å². The Labute approximate surface area is 184 Å². The van der Waals surface area contributed by atoms with Crippen LogP contribution in [-0.2, 0) is 6.54 Å². The predicted octanol–water partition coefficient (Wildman–Crippen LogP) is 4.62. The van der Waals surface area contributed by atoms with Gasteiger partial charge in [-0.05, 0) is 41.3 Å². The second kappa shape index (κ2) is 8.37. The summed E-state index contributed by atoms with van der Waals surface area (Å²) in [5.74, 6) is 2.28. The fourth-order valence-electron chi connectivity index (χ4n) is 5.17. The van der Waals surface area contributed by atoms with Gasteiger partial charge in [-0.15, -0.1) is 0 Å². The van der Waals surface area contributed by atoms with E-state index in [-0.39, 0.29) is 0 Å². The molecule has 4 heteroatoms. The van der Waals surface area contributed by atoms with Crippen molar-refractivity contribution in [3.63, 3.8) is 0 Å². The Balaban J connectivity index is 1.33. The molecule has 1 unspecified atom stereocenters. The van der Waals surface area contributed by atoms with Crippen LogP contribution in [0.4, 0.5) is 0 Å². The summed E-state index contributed by atoms with van der Waals surface area (Å²) in [5, 5.41) is 3.60. The van der Waals surface area contributed by atoms with Crippen LogP contribution >= 0.6 is 0 Å². The topological polar surface area (TPSA) is 33.7 Å². The Kier molecular flexibility index (Phi) is 5.43. The molecule has 2 heterocycles. The Morgan fingerprint density at radius 2 is 1.35 bits per heavy atom. The Morgan fingerprint density at radius 3 is 1.90 bits per heavy atom. The SMILES string of the molecule is COc1cc(CN2[C@@H]3CNC[C@H]2C3c2ccc(-c3ccc(C)cc3)cc2)cc(OC)c1. The van der Waals surface area contributed by atoms with E-state index < -0.39 is 0 Å². The van der Waals surface area contributed by atoms with Gasteiger partial charge in [-0.3, -0.25) is 4.90 Å². The molecule has 31 heavy (non-hydrogen) atoms. The number of fused-ring (bicyclic) bond motifs is 2. The molecule has 160 valence electrons. The molecular weight excluding hydrogens is 384 g/mol. The highest BCUT2D eigenvalue weighted by Gasteiger charge is 2.50. The summed E-state index contributed by atoms with van der Waals surface area (Å²) in [4.78, 5) is 2.63. The Morgan fingerprint density at radius 1 is 0.806 bits per heavy atom. The van der Waals surface area contributed by atoms with E-state index in [0.717, 1.165) is 31.1 Å². The quantitative estimate of drug-likeness (QED) is 0.638. The number of hydrogen-bond donors (Lipinski definition) is 1. The summed E-state index contributed by atoms with van der Waals surface area (Å²) in [6.07, 6.45) is 0. The average Bonchev–Trinajstić information content (AvgIpc) is 2.83. The van der Waals surface area contributed by atoms with Crippen LogP contribution in [0.1, 0.15) is 22.6 Å². The lowest BCUT2D eigenvalue weighted by molar-refractivity contribution is -0.0484. The molecule has 3 aromatic rings. The standard InChI is InChI=1S/C27H30N2O2/c1-18-4-6-20(7-5-18)21-8-10-22(11-9-21)27-25-15-28-16-26(27)29(25)17-19-12-23(30-2)14-24(13-19)31-3/h4-14,25-28H,15-17H2,1-3H3/t25-,26+,27?. The summed E-state index contributed by atoms with van der Waals surface area (Å²) < 4.78 is 10.9. The van der Waals surface area contributed by atoms with Crippen molar-refractivity contribution in [2.45, 2.75) is 31.5 Å². The van der Waals surface area contributed by atoms with Gasteiger partial charge >= 0.3 is 0 Å². The molecule has 2 aliphatic heterocycles. The van der Waals surface area contributed by atoms with Gasteiger partial charge in [-0.25, -0.2) is 0 Å². The van der Waals surface area contributed by atoms with Gasteiger partial charge in [0.2, 0.25) is 0 Å². The molecule has 2 bridgehead atoms. The first-order valence-corrected chi connectivity index (χ1v) is 11.0. The maximum Gasteiger partial charge on any atom is 0.122 e.